The van der Waals surface area contributed by atoms with Crippen LogP contribution in [0.2, 0.25) is 10.0 Å². The maximum Gasteiger partial charge on any atom is 0.416 e. The third-order valence-electron chi connectivity index (χ3n) is 5.62. The lowest BCUT2D eigenvalue weighted by Gasteiger charge is -2.17. The van der Waals surface area contributed by atoms with Gasteiger partial charge in [0, 0.05) is 32.3 Å². The van der Waals surface area contributed by atoms with Gasteiger partial charge in [-0.1, -0.05) is 35.3 Å². The molecule has 0 saturated heterocycles. The number of nitriles is 2. The first kappa shape index (κ1) is 27.8. The standard InChI is InChI=1S/C28H12Cl2F6N2O/c29-19-3-7-25(23(11-19)21-5-1-17(27(31,32)33)9-15(21)13-37)39-26-8-4-20(30)12-24(26)22-6-2-18(28(34,35)36)10-16(22)14-38/h1-12H. The van der Waals surface area contributed by atoms with Gasteiger partial charge in [-0.2, -0.15) is 36.9 Å². The maximum atomic E-state index is 13.2. The monoisotopic (exact) mass is 576 g/mol. The van der Waals surface area contributed by atoms with Gasteiger partial charge in [0.05, 0.1) is 34.4 Å². The van der Waals surface area contributed by atoms with Gasteiger partial charge >= 0.3 is 12.4 Å². The quantitative estimate of drug-likeness (QED) is 0.227. The lowest BCUT2D eigenvalue weighted by molar-refractivity contribution is -0.138. The van der Waals surface area contributed by atoms with Crippen LogP contribution in [0.5, 0.6) is 11.5 Å². The Labute approximate surface area is 228 Å². The molecule has 0 aliphatic carbocycles. The first-order valence-electron chi connectivity index (χ1n) is 10.8. The van der Waals surface area contributed by atoms with Gasteiger partial charge in [0.25, 0.3) is 0 Å². The number of hydrogen-bond acceptors (Lipinski definition) is 3. The van der Waals surface area contributed by atoms with Crippen LogP contribution in [-0.4, -0.2) is 0 Å². The molecule has 0 amide bonds. The Bertz CT molecular complexity index is 1540. The molecule has 0 saturated carbocycles. The first-order chi connectivity index (χ1) is 18.3. The highest BCUT2D eigenvalue weighted by molar-refractivity contribution is 6.31. The molecule has 0 bridgehead atoms. The molecule has 0 unspecified atom stereocenters. The Kier molecular flexibility index (Phi) is 7.52. The van der Waals surface area contributed by atoms with Crippen molar-refractivity contribution in [2.24, 2.45) is 0 Å². The molecule has 196 valence electrons. The second-order valence-electron chi connectivity index (χ2n) is 8.12. The van der Waals surface area contributed by atoms with Gasteiger partial charge in [0.2, 0.25) is 0 Å². The van der Waals surface area contributed by atoms with Crippen molar-refractivity contribution in [1.29, 1.82) is 10.5 Å². The van der Waals surface area contributed by atoms with Crippen LogP contribution < -0.4 is 4.74 Å². The summed E-state index contributed by atoms with van der Waals surface area (Å²) in [6.07, 6.45) is -9.34. The molecular weight excluding hydrogens is 565 g/mol. The number of alkyl halides is 6. The van der Waals surface area contributed by atoms with Gasteiger partial charge in [0.15, 0.2) is 0 Å². The van der Waals surface area contributed by atoms with Crippen LogP contribution in [-0.2, 0) is 12.4 Å². The normalized spacial score (nSPS) is 11.5. The minimum absolute atomic E-state index is 0.0738. The minimum atomic E-state index is -4.67. The second-order valence-corrected chi connectivity index (χ2v) is 9.00. The van der Waals surface area contributed by atoms with Crippen molar-refractivity contribution < 1.29 is 31.1 Å². The van der Waals surface area contributed by atoms with E-state index in [2.05, 4.69) is 0 Å². The van der Waals surface area contributed by atoms with Gasteiger partial charge in [-0.05, 0) is 60.7 Å². The van der Waals surface area contributed by atoms with Gasteiger partial charge in [-0.15, -0.1) is 0 Å². The Morgan fingerprint density at radius 3 is 1.26 bits per heavy atom. The fraction of sp³-hybridized carbons (Fsp3) is 0.0714. The SMILES string of the molecule is N#Cc1cc(C(F)(F)F)ccc1-c1cc(Cl)ccc1Oc1ccc(Cl)cc1-c1ccc(C(F)(F)F)cc1C#N. The average molecular weight is 577 g/mol. The number of benzene rings is 4. The minimum Gasteiger partial charge on any atom is -0.456 e. The van der Waals surface area contributed by atoms with Crippen molar-refractivity contribution in [2.75, 3.05) is 0 Å². The summed E-state index contributed by atoms with van der Waals surface area (Å²) in [5.41, 5.74) is -2.04. The summed E-state index contributed by atoms with van der Waals surface area (Å²) in [5.74, 6) is 0.148. The topological polar surface area (TPSA) is 56.8 Å². The molecule has 0 aliphatic heterocycles. The lowest BCUT2D eigenvalue weighted by Crippen LogP contribution is -2.05. The number of hydrogen-bond donors (Lipinski definition) is 0. The molecule has 0 atom stereocenters. The predicted molar refractivity (Wildman–Crippen MR) is 133 cm³/mol. The van der Waals surface area contributed by atoms with Gasteiger partial charge in [-0.3, -0.25) is 0 Å². The molecule has 4 aromatic carbocycles. The van der Waals surface area contributed by atoms with Crippen molar-refractivity contribution in [2.45, 2.75) is 12.4 Å². The van der Waals surface area contributed by atoms with E-state index < -0.39 is 23.5 Å². The summed E-state index contributed by atoms with van der Waals surface area (Å²) >= 11 is 12.3. The molecule has 0 spiro atoms. The van der Waals surface area contributed by atoms with Gasteiger partial charge < -0.3 is 4.74 Å². The molecule has 39 heavy (non-hydrogen) atoms. The number of rotatable bonds is 4. The highest BCUT2D eigenvalue weighted by Crippen LogP contribution is 2.43. The maximum absolute atomic E-state index is 13.2. The molecular formula is C28H12Cl2F6N2O. The molecule has 3 nitrogen and oxygen atoms in total. The Hall–Kier alpha value is -4.18. The second kappa shape index (κ2) is 10.5. The zero-order valence-electron chi connectivity index (χ0n) is 19.3. The summed E-state index contributed by atoms with van der Waals surface area (Å²) in [6, 6.07) is 17.3. The van der Waals surface area contributed by atoms with E-state index in [0.717, 1.165) is 24.3 Å². The third kappa shape index (κ3) is 5.96. The summed E-state index contributed by atoms with van der Waals surface area (Å²) in [4.78, 5) is 0. The summed E-state index contributed by atoms with van der Waals surface area (Å²) in [5, 5.41) is 19.5. The zero-order valence-corrected chi connectivity index (χ0v) is 20.8. The molecule has 0 fully saturated rings. The first-order valence-corrected chi connectivity index (χ1v) is 11.6. The predicted octanol–water partition coefficient (Wildman–Crippen LogP) is 9.90. The fourth-order valence-corrected chi connectivity index (χ4v) is 4.16. The van der Waals surface area contributed by atoms with Crippen LogP contribution >= 0.6 is 23.2 Å². The zero-order chi connectivity index (χ0) is 28.5. The van der Waals surface area contributed by atoms with Crippen LogP contribution in [0.3, 0.4) is 0 Å². The Balaban J connectivity index is 1.86. The number of nitrogens with zero attached hydrogens (tertiary/aromatic N) is 2. The molecule has 11 heteroatoms. The van der Waals surface area contributed by atoms with Crippen molar-refractivity contribution in [3.63, 3.8) is 0 Å². The van der Waals surface area contributed by atoms with E-state index in [1.54, 1.807) is 12.1 Å². The van der Waals surface area contributed by atoms with Crippen LogP contribution in [0.15, 0.2) is 72.8 Å². The fourth-order valence-electron chi connectivity index (χ4n) is 3.82. The molecule has 0 aliphatic rings. The molecule has 0 heterocycles. The average Bonchev–Trinajstić information content (AvgIpc) is 2.88. The molecule has 4 aromatic rings. The lowest BCUT2D eigenvalue weighted by atomic mass is 9.96. The molecule has 0 aromatic heterocycles. The largest absolute Gasteiger partial charge is 0.456 e. The van der Waals surface area contributed by atoms with E-state index in [1.165, 1.54) is 36.4 Å². The van der Waals surface area contributed by atoms with E-state index >= 15 is 0 Å². The van der Waals surface area contributed by atoms with Crippen LogP contribution in [0, 0.1) is 22.7 Å². The molecule has 0 N–H and O–H groups in total. The Morgan fingerprint density at radius 2 is 0.923 bits per heavy atom. The van der Waals surface area contributed by atoms with Crippen LogP contribution in [0.1, 0.15) is 22.3 Å². The van der Waals surface area contributed by atoms with Crippen molar-refractivity contribution >= 4 is 23.2 Å². The van der Waals surface area contributed by atoms with E-state index in [0.29, 0.717) is 12.1 Å². The molecule has 4 rings (SSSR count). The highest BCUT2D eigenvalue weighted by atomic mass is 35.5. The smallest absolute Gasteiger partial charge is 0.416 e. The van der Waals surface area contributed by atoms with E-state index in [1.807, 2.05) is 0 Å². The molecule has 0 radical (unpaired) electrons. The van der Waals surface area contributed by atoms with Crippen molar-refractivity contribution in [3.05, 3.63) is 105 Å². The third-order valence-corrected chi connectivity index (χ3v) is 6.09. The summed E-state index contributed by atoms with van der Waals surface area (Å²) in [6.45, 7) is 0. The highest BCUT2D eigenvalue weighted by Gasteiger charge is 2.32. The van der Waals surface area contributed by atoms with Crippen LogP contribution in [0.4, 0.5) is 26.3 Å². The number of ether oxygens (including phenoxy) is 1. The number of halogens is 8. The van der Waals surface area contributed by atoms with Crippen molar-refractivity contribution in [3.8, 4) is 45.9 Å². The van der Waals surface area contributed by atoms with Crippen molar-refractivity contribution in [1.82, 2.24) is 0 Å². The van der Waals surface area contributed by atoms with E-state index in [9.17, 15) is 36.9 Å². The summed E-state index contributed by atoms with van der Waals surface area (Å²) < 4.78 is 85.3. The summed E-state index contributed by atoms with van der Waals surface area (Å²) in [7, 11) is 0. The van der Waals surface area contributed by atoms with Crippen LogP contribution in [0.25, 0.3) is 22.3 Å². The Morgan fingerprint density at radius 1 is 0.538 bits per heavy atom. The van der Waals surface area contributed by atoms with E-state index in [-0.39, 0.29) is 54.9 Å². The van der Waals surface area contributed by atoms with Gasteiger partial charge in [0.1, 0.15) is 11.5 Å². The van der Waals surface area contributed by atoms with E-state index in [4.69, 9.17) is 27.9 Å². The van der Waals surface area contributed by atoms with Gasteiger partial charge in [-0.25, -0.2) is 0 Å².